The normalized spacial score (nSPS) is 21.2. The maximum absolute atomic E-state index is 12.6. The number of hydrogen-bond acceptors (Lipinski definition) is 4. The first kappa shape index (κ1) is 15.8. The van der Waals surface area contributed by atoms with E-state index < -0.39 is 23.8 Å². The van der Waals surface area contributed by atoms with Gasteiger partial charge in [0.25, 0.3) is 5.91 Å². The Bertz CT molecular complexity index is 562. The predicted molar refractivity (Wildman–Crippen MR) is 78.3 cm³/mol. The largest absolute Gasteiger partial charge is 0.507 e. The Morgan fingerprint density at radius 2 is 2.14 bits per heavy atom. The lowest BCUT2D eigenvalue weighted by Gasteiger charge is -2.29. The molecule has 0 aliphatic carbocycles. The summed E-state index contributed by atoms with van der Waals surface area (Å²) in [7, 11) is 0. The average Bonchev–Trinajstić information content (AvgIpc) is 2.88. The molecule has 0 aromatic heterocycles. The van der Waals surface area contributed by atoms with Crippen LogP contribution in [0.25, 0.3) is 0 Å². The number of carboxylic acids is 1. The summed E-state index contributed by atoms with van der Waals surface area (Å²) in [5.41, 5.74) is 0.149. The first-order valence-corrected chi connectivity index (χ1v) is 7.35. The van der Waals surface area contributed by atoms with Crippen LogP contribution in [0, 0.1) is 5.92 Å². The number of carboxylic acid groups (broad SMARTS) is 1. The lowest BCUT2D eigenvalue weighted by molar-refractivity contribution is -0.142. The van der Waals surface area contributed by atoms with Crippen molar-refractivity contribution in [2.75, 3.05) is 19.8 Å². The molecule has 1 saturated heterocycles. The molecule has 0 spiro atoms. The number of phenols is 1. The van der Waals surface area contributed by atoms with Gasteiger partial charge in [0, 0.05) is 11.0 Å². The molecule has 6 nitrogen and oxygen atoms in total. The van der Waals surface area contributed by atoms with Gasteiger partial charge in [-0.2, -0.15) is 0 Å². The van der Waals surface area contributed by atoms with E-state index >= 15 is 0 Å². The van der Waals surface area contributed by atoms with Gasteiger partial charge in [0.1, 0.15) is 11.7 Å². The van der Waals surface area contributed by atoms with Crippen LogP contribution < -0.4 is 0 Å². The predicted octanol–water partition coefficient (Wildman–Crippen LogP) is 1.72. The molecule has 2 unspecified atom stereocenters. The highest BCUT2D eigenvalue weighted by atomic mass is 79.9. The van der Waals surface area contributed by atoms with E-state index in [0.29, 0.717) is 11.0 Å². The summed E-state index contributed by atoms with van der Waals surface area (Å²) in [5.74, 6) is -2.27. The second-order valence-corrected chi connectivity index (χ2v) is 5.72. The Balaban J connectivity index is 2.28. The lowest BCUT2D eigenvalue weighted by Crippen LogP contribution is -2.46. The highest BCUT2D eigenvalue weighted by Crippen LogP contribution is 2.27. The smallest absolute Gasteiger partial charge is 0.311 e. The molecule has 0 bridgehead atoms. The standard InChI is InChI=1S/C14H16BrNO5/c1-2-16(11-7-21-6-10(11)14(19)20)13(18)9-4-3-8(15)5-12(9)17/h3-5,10-11,17H,2,6-7H2,1H3,(H,19,20). The van der Waals surface area contributed by atoms with Crippen molar-refractivity contribution >= 4 is 27.8 Å². The number of carbonyl (C=O) groups is 2. The molecular weight excluding hydrogens is 342 g/mol. The molecular formula is C14H16BrNO5. The number of ether oxygens (including phenoxy) is 1. The summed E-state index contributed by atoms with van der Waals surface area (Å²) in [6.07, 6.45) is 0. The highest BCUT2D eigenvalue weighted by molar-refractivity contribution is 9.10. The van der Waals surface area contributed by atoms with Crippen molar-refractivity contribution in [1.29, 1.82) is 0 Å². The van der Waals surface area contributed by atoms with Crippen LogP contribution >= 0.6 is 15.9 Å². The molecule has 1 heterocycles. The fourth-order valence-corrected chi connectivity index (χ4v) is 2.80. The zero-order valence-electron chi connectivity index (χ0n) is 11.5. The van der Waals surface area contributed by atoms with E-state index in [0.717, 1.165) is 0 Å². The zero-order chi connectivity index (χ0) is 15.6. The van der Waals surface area contributed by atoms with Gasteiger partial charge in [-0.15, -0.1) is 0 Å². The Morgan fingerprint density at radius 1 is 1.43 bits per heavy atom. The molecule has 21 heavy (non-hydrogen) atoms. The van der Waals surface area contributed by atoms with E-state index in [1.807, 2.05) is 0 Å². The van der Waals surface area contributed by atoms with Crippen molar-refractivity contribution in [3.8, 4) is 5.75 Å². The number of carbonyl (C=O) groups excluding carboxylic acids is 1. The van der Waals surface area contributed by atoms with Gasteiger partial charge in [0.15, 0.2) is 0 Å². The van der Waals surface area contributed by atoms with Gasteiger partial charge in [-0.1, -0.05) is 15.9 Å². The van der Waals surface area contributed by atoms with E-state index in [1.54, 1.807) is 13.0 Å². The number of halogens is 1. The summed E-state index contributed by atoms with van der Waals surface area (Å²) in [6.45, 7) is 2.39. The van der Waals surface area contributed by atoms with Gasteiger partial charge in [-0.25, -0.2) is 0 Å². The van der Waals surface area contributed by atoms with Crippen LogP contribution in [0.4, 0.5) is 0 Å². The highest BCUT2D eigenvalue weighted by Gasteiger charge is 2.40. The van der Waals surface area contributed by atoms with Crippen molar-refractivity contribution < 1.29 is 24.5 Å². The first-order valence-electron chi connectivity index (χ1n) is 6.55. The van der Waals surface area contributed by atoms with Crippen LogP contribution in [0.5, 0.6) is 5.75 Å². The number of benzene rings is 1. The Labute approximate surface area is 130 Å². The van der Waals surface area contributed by atoms with Gasteiger partial charge < -0.3 is 19.8 Å². The molecule has 2 rings (SSSR count). The van der Waals surface area contributed by atoms with Crippen molar-refractivity contribution in [2.45, 2.75) is 13.0 Å². The van der Waals surface area contributed by atoms with Gasteiger partial charge in [-0.3, -0.25) is 9.59 Å². The van der Waals surface area contributed by atoms with Gasteiger partial charge >= 0.3 is 5.97 Å². The maximum Gasteiger partial charge on any atom is 0.311 e. The van der Waals surface area contributed by atoms with Crippen LogP contribution in [-0.4, -0.2) is 52.8 Å². The van der Waals surface area contributed by atoms with E-state index in [4.69, 9.17) is 4.74 Å². The van der Waals surface area contributed by atoms with Crippen molar-refractivity contribution in [1.82, 2.24) is 4.90 Å². The number of likely N-dealkylation sites (N-methyl/N-ethyl adjacent to an activating group) is 1. The summed E-state index contributed by atoms with van der Waals surface area (Å²) in [6, 6.07) is 4.07. The van der Waals surface area contributed by atoms with Crippen LogP contribution in [0.2, 0.25) is 0 Å². The minimum absolute atomic E-state index is 0.0934. The molecule has 0 saturated carbocycles. The number of aliphatic carboxylic acids is 1. The van der Waals surface area contributed by atoms with Crippen LogP contribution in [-0.2, 0) is 9.53 Å². The third kappa shape index (κ3) is 3.19. The van der Waals surface area contributed by atoms with Crippen LogP contribution in [0.15, 0.2) is 22.7 Å². The van der Waals surface area contributed by atoms with E-state index in [2.05, 4.69) is 15.9 Å². The summed E-state index contributed by atoms with van der Waals surface area (Å²) >= 11 is 3.21. The molecule has 0 radical (unpaired) electrons. The van der Waals surface area contributed by atoms with Crippen LogP contribution in [0.1, 0.15) is 17.3 Å². The Morgan fingerprint density at radius 3 is 2.71 bits per heavy atom. The second-order valence-electron chi connectivity index (χ2n) is 4.80. The fraction of sp³-hybridized carbons (Fsp3) is 0.429. The molecule has 1 aliphatic heterocycles. The van der Waals surface area contributed by atoms with Gasteiger partial charge in [0.05, 0.1) is 24.8 Å². The molecule has 1 aromatic rings. The lowest BCUT2D eigenvalue weighted by atomic mass is 10.0. The summed E-state index contributed by atoms with van der Waals surface area (Å²) in [5, 5.41) is 19.1. The maximum atomic E-state index is 12.6. The van der Waals surface area contributed by atoms with Crippen molar-refractivity contribution in [3.05, 3.63) is 28.2 Å². The molecule has 114 valence electrons. The third-order valence-corrected chi connectivity index (χ3v) is 4.05. The van der Waals surface area contributed by atoms with E-state index in [-0.39, 0.29) is 24.5 Å². The number of nitrogens with zero attached hydrogens (tertiary/aromatic N) is 1. The number of phenolic OH excluding ortho intramolecular Hbond substituents is 1. The number of rotatable bonds is 4. The van der Waals surface area contributed by atoms with Crippen LogP contribution in [0.3, 0.4) is 0 Å². The zero-order valence-corrected chi connectivity index (χ0v) is 13.0. The molecule has 7 heteroatoms. The van der Waals surface area contributed by atoms with Gasteiger partial charge in [0.2, 0.25) is 0 Å². The van der Waals surface area contributed by atoms with E-state index in [9.17, 15) is 19.8 Å². The third-order valence-electron chi connectivity index (χ3n) is 3.56. The molecule has 2 N–H and O–H groups in total. The molecule has 1 aromatic carbocycles. The topological polar surface area (TPSA) is 87.1 Å². The quantitative estimate of drug-likeness (QED) is 0.856. The number of aromatic hydroxyl groups is 1. The molecule has 2 atom stereocenters. The second kappa shape index (κ2) is 6.44. The molecule has 1 aliphatic rings. The summed E-state index contributed by atoms with van der Waals surface area (Å²) in [4.78, 5) is 25.2. The Hall–Kier alpha value is -1.60. The molecule has 1 fully saturated rings. The van der Waals surface area contributed by atoms with Gasteiger partial charge in [-0.05, 0) is 25.1 Å². The minimum atomic E-state index is -0.983. The number of amides is 1. The summed E-state index contributed by atoms with van der Waals surface area (Å²) < 4.78 is 5.86. The van der Waals surface area contributed by atoms with Crippen molar-refractivity contribution in [2.24, 2.45) is 5.92 Å². The monoisotopic (exact) mass is 357 g/mol. The number of hydrogen-bond donors (Lipinski definition) is 2. The Kier molecular flexibility index (Phi) is 4.84. The SMILES string of the molecule is CCN(C(=O)c1ccc(Br)cc1O)C1COCC1C(=O)O. The fourth-order valence-electron chi connectivity index (χ4n) is 2.46. The minimum Gasteiger partial charge on any atom is -0.507 e. The first-order chi connectivity index (χ1) is 9.95. The average molecular weight is 358 g/mol. The van der Waals surface area contributed by atoms with E-state index in [1.165, 1.54) is 17.0 Å². The molecule has 1 amide bonds. The van der Waals surface area contributed by atoms with Crippen molar-refractivity contribution in [3.63, 3.8) is 0 Å².